The van der Waals surface area contributed by atoms with Gasteiger partial charge < -0.3 is 24.6 Å². The molecule has 4 rings (SSSR count). The van der Waals surface area contributed by atoms with Gasteiger partial charge in [0.25, 0.3) is 0 Å². The third-order valence-corrected chi connectivity index (χ3v) is 6.61. The number of methoxy groups -OCH3 is 3. The van der Waals surface area contributed by atoms with Crippen molar-refractivity contribution in [2.45, 2.75) is 12.3 Å². The first kappa shape index (κ1) is 21.6. The van der Waals surface area contributed by atoms with Crippen molar-refractivity contribution in [2.75, 3.05) is 26.6 Å². The third-order valence-electron chi connectivity index (χ3n) is 5.32. The summed E-state index contributed by atoms with van der Waals surface area (Å²) in [4.78, 5) is 25.4. The number of benzene rings is 2. The second kappa shape index (κ2) is 8.51. The number of anilines is 1. The molecule has 1 aliphatic rings. The van der Waals surface area contributed by atoms with E-state index in [9.17, 15) is 19.1 Å². The van der Waals surface area contributed by atoms with Crippen molar-refractivity contribution < 1.29 is 33.3 Å². The van der Waals surface area contributed by atoms with Crippen LogP contribution in [0, 0.1) is 5.82 Å². The molecule has 32 heavy (non-hydrogen) atoms. The number of carbonyl (C=O) groups is 2. The van der Waals surface area contributed by atoms with Crippen LogP contribution in [0.15, 0.2) is 36.4 Å². The number of amides is 1. The van der Waals surface area contributed by atoms with Gasteiger partial charge in [-0.25, -0.2) is 9.18 Å². The summed E-state index contributed by atoms with van der Waals surface area (Å²) in [6, 6.07) is 9.13. The number of hydrogen-bond acceptors (Lipinski definition) is 6. The SMILES string of the molecule is COc1ccc([C@@H]2CC(=O)Nc3c2sc(C(=O)O)c3-c2cccc(F)c2)c(OC)c1OC. The second-order valence-electron chi connectivity index (χ2n) is 7.09. The van der Waals surface area contributed by atoms with Crippen LogP contribution < -0.4 is 19.5 Å². The smallest absolute Gasteiger partial charge is 0.346 e. The van der Waals surface area contributed by atoms with E-state index in [1.165, 1.54) is 39.5 Å². The lowest BCUT2D eigenvalue weighted by molar-refractivity contribution is -0.116. The van der Waals surface area contributed by atoms with Gasteiger partial charge in [0.15, 0.2) is 11.5 Å². The fourth-order valence-corrected chi connectivity index (χ4v) is 5.24. The Hall–Kier alpha value is -3.59. The van der Waals surface area contributed by atoms with E-state index in [0.29, 0.717) is 38.9 Å². The number of halogens is 1. The number of hydrogen-bond donors (Lipinski definition) is 2. The highest BCUT2D eigenvalue weighted by molar-refractivity contribution is 7.15. The van der Waals surface area contributed by atoms with Crippen LogP contribution in [0.3, 0.4) is 0 Å². The summed E-state index contributed by atoms with van der Waals surface area (Å²) >= 11 is 1.05. The topological polar surface area (TPSA) is 94.1 Å². The largest absolute Gasteiger partial charge is 0.493 e. The van der Waals surface area contributed by atoms with Gasteiger partial charge in [0.2, 0.25) is 11.7 Å². The number of carboxylic acid groups (broad SMARTS) is 1. The maximum atomic E-state index is 13.9. The monoisotopic (exact) mass is 457 g/mol. The molecule has 2 aromatic carbocycles. The highest BCUT2D eigenvalue weighted by Gasteiger charge is 2.36. The summed E-state index contributed by atoms with van der Waals surface area (Å²) in [6.45, 7) is 0. The summed E-state index contributed by atoms with van der Waals surface area (Å²) < 4.78 is 30.3. The lowest BCUT2D eigenvalue weighted by atomic mass is 9.87. The molecule has 2 heterocycles. The molecule has 0 saturated carbocycles. The highest BCUT2D eigenvalue weighted by Crippen LogP contribution is 2.53. The minimum Gasteiger partial charge on any atom is -0.493 e. The lowest BCUT2D eigenvalue weighted by Gasteiger charge is -2.26. The molecule has 7 nitrogen and oxygen atoms in total. The van der Waals surface area contributed by atoms with Gasteiger partial charge >= 0.3 is 5.97 Å². The van der Waals surface area contributed by atoms with Crippen molar-refractivity contribution >= 4 is 28.9 Å². The molecule has 166 valence electrons. The molecule has 0 spiro atoms. The first-order valence-corrected chi connectivity index (χ1v) is 10.5. The molecule has 0 radical (unpaired) electrons. The van der Waals surface area contributed by atoms with E-state index in [-0.39, 0.29) is 22.8 Å². The van der Waals surface area contributed by atoms with E-state index < -0.39 is 17.7 Å². The summed E-state index contributed by atoms with van der Waals surface area (Å²) in [5.41, 5.74) is 1.69. The van der Waals surface area contributed by atoms with Gasteiger partial charge in [-0.15, -0.1) is 11.3 Å². The molecule has 0 bridgehead atoms. The van der Waals surface area contributed by atoms with Gasteiger partial charge in [0.1, 0.15) is 10.7 Å². The average Bonchev–Trinajstić information content (AvgIpc) is 3.17. The van der Waals surface area contributed by atoms with E-state index in [2.05, 4.69) is 5.32 Å². The van der Waals surface area contributed by atoms with Gasteiger partial charge in [0, 0.05) is 28.3 Å². The van der Waals surface area contributed by atoms with E-state index in [1.807, 2.05) is 0 Å². The predicted molar refractivity (Wildman–Crippen MR) is 118 cm³/mol. The lowest BCUT2D eigenvalue weighted by Crippen LogP contribution is -2.23. The molecule has 9 heteroatoms. The Bertz CT molecular complexity index is 1220. The first-order chi connectivity index (χ1) is 15.4. The van der Waals surface area contributed by atoms with Crippen molar-refractivity contribution in [2.24, 2.45) is 0 Å². The quantitative estimate of drug-likeness (QED) is 0.555. The zero-order valence-corrected chi connectivity index (χ0v) is 18.3. The molecule has 0 fully saturated rings. The Kier molecular flexibility index (Phi) is 5.75. The van der Waals surface area contributed by atoms with Gasteiger partial charge in [-0.2, -0.15) is 0 Å². The van der Waals surface area contributed by atoms with Crippen LogP contribution in [0.25, 0.3) is 11.1 Å². The number of nitrogens with one attached hydrogen (secondary N) is 1. The average molecular weight is 457 g/mol. The Morgan fingerprint density at radius 3 is 2.50 bits per heavy atom. The molecule has 2 N–H and O–H groups in total. The molecule has 1 aliphatic heterocycles. The van der Waals surface area contributed by atoms with Crippen molar-refractivity contribution in [3.05, 3.63) is 57.5 Å². The number of thiophene rings is 1. The van der Waals surface area contributed by atoms with E-state index in [4.69, 9.17) is 14.2 Å². The Morgan fingerprint density at radius 1 is 1.12 bits per heavy atom. The molecular weight excluding hydrogens is 437 g/mol. The van der Waals surface area contributed by atoms with Gasteiger partial charge in [-0.3, -0.25) is 4.79 Å². The fourth-order valence-electron chi connectivity index (χ4n) is 4.01. The molecule has 0 saturated heterocycles. The number of aromatic carboxylic acids is 1. The van der Waals surface area contributed by atoms with Crippen molar-refractivity contribution in [1.29, 1.82) is 0 Å². The first-order valence-electron chi connectivity index (χ1n) is 9.64. The van der Waals surface area contributed by atoms with Crippen LogP contribution in [0.1, 0.15) is 32.5 Å². The van der Waals surface area contributed by atoms with Crippen LogP contribution in [0.4, 0.5) is 10.1 Å². The summed E-state index contributed by atoms with van der Waals surface area (Å²) in [5, 5.41) is 12.7. The standard InChI is InChI=1S/C23H20FNO6S/c1-29-15-8-7-13(19(30-2)20(15)31-3)14-10-16(26)25-18-17(11-5-4-6-12(24)9-11)22(23(27)28)32-21(14)18/h4-9,14H,10H2,1-3H3,(H,25,26)(H,27,28)/t14-/m0/s1. The van der Waals surface area contributed by atoms with Gasteiger partial charge in [-0.05, 0) is 23.8 Å². The van der Waals surface area contributed by atoms with E-state index in [0.717, 1.165) is 11.3 Å². The van der Waals surface area contributed by atoms with Crippen molar-refractivity contribution in [1.82, 2.24) is 0 Å². The fraction of sp³-hybridized carbons (Fsp3) is 0.217. The third kappa shape index (κ3) is 3.54. The maximum Gasteiger partial charge on any atom is 0.346 e. The van der Waals surface area contributed by atoms with Gasteiger partial charge in [-0.1, -0.05) is 18.2 Å². The minimum absolute atomic E-state index is 0.0206. The van der Waals surface area contributed by atoms with Crippen LogP contribution in [0.2, 0.25) is 0 Å². The molecule has 1 aromatic heterocycles. The molecule has 1 atom stereocenters. The number of rotatable bonds is 6. The van der Waals surface area contributed by atoms with E-state index >= 15 is 0 Å². The molecule has 0 aliphatic carbocycles. The predicted octanol–water partition coefficient (Wildman–Crippen LogP) is 4.75. The highest BCUT2D eigenvalue weighted by atomic mass is 32.1. The number of carboxylic acids is 1. The summed E-state index contributed by atoms with van der Waals surface area (Å²) in [5.74, 6) is -1.19. The van der Waals surface area contributed by atoms with Crippen molar-refractivity contribution in [3.8, 4) is 28.4 Å². The Balaban J connectivity index is 1.97. The van der Waals surface area contributed by atoms with Crippen LogP contribution in [0.5, 0.6) is 17.2 Å². The number of fused-ring (bicyclic) bond motifs is 1. The minimum atomic E-state index is -1.16. The summed E-state index contributed by atoms with van der Waals surface area (Å²) in [6.07, 6.45) is 0.0843. The second-order valence-corrected chi connectivity index (χ2v) is 8.14. The summed E-state index contributed by atoms with van der Waals surface area (Å²) in [7, 11) is 4.48. The maximum absolute atomic E-state index is 13.9. The van der Waals surface area contributed by atoms with Crippen LogP contribution in [-0.4, -0.2) is 38.3 Å². The van der Waals surface area contributed by atoms with Crippen LogP contribution >= 0.6 is 11.3 Å². The zero-order valence-electron chi connectivity index (χ0n) is 17.5. The number of carbonyl (C=O) groups excluding carboxylic acids is 1. The number of ether oxygens (including phenoxy) is 3. The molecule has 1 amide bonds. The zero-order chi connectivity index (χ0) is 23.0. The Labute approximate surface area is 187 Å². The van der Waals surface area contributed by atoms with Crippen LogP contribution in [-0.2, 0) is 4.79 Å². The molecule has 3 aromatic rings. The normalized spacial score (nSPS) is 15.0. The molecular formula is C23H20FNO6S. The molecule has 0 unspecified atom stereocenters. The Morgan fingerprint density at radius 2 is 1.88 bits per heavy atom. The van der Waals surface area contributed by atoms with Gasteiger partial charge in [0.05, 0.1) is 27.0 Å². The van der Waals surface area contributed by atoms with E-state index in [1.54, 1.807) is 18.2 Å². The van der Waals surface area contributed by atoms with Crippen molar-refractivity contribution in [3.63, 3.8) is 0 Å².